The van der Waals surface area contributed by atoms with E-state index in [9.17, 15) is 18.0 Å². The second kappa shape index (κ2) is 9.70. The highest BCUT2D eigenvalue weighted by Crippen LogP contribution is 2.22. The smallest absolute Gasteiger partial charge is 0.257 e. The topological polar surface area (TPSA) is 99.7 Å². The van der Waals surface area contributed by atoms with Gasteiger partial charge in [-0.1, -0.05) is 23.7 Å². The van der Waals surface area contributed by atoms with Crippen LogP contribution in [-0.4, -0.2) is 60.6 Å². The van der Waals surface area contributed by atoms with E-state index in [0.717, 1.165) is 0 Å². The molecule has 170 valence electrons. The molecule has 0 bridgehead atoms. The van der Waals surface area contributed by atoms with Crippen LogP contribution in [0.3, 0.4) is 0 Å². The molecular weight excluding hydrogens is 464 g/mol. The fraction of sp³-hybridized carbons (Fsp3) is 0.174. The molecule has 8 nitrogen and oxygen atoms in total. The molecule has 0 aliphatic carbocycles. The predicted molar refractivity (Wildman–Crippen MR) is 125 cm³/mol. The van der Waals surface area contributed by atoms with Gasteiger partial charge in [0.1, 0.15) is 0 Å². The Balaban J connectivity index is 1.41. The van der Waals surface area contributed by atoms with Crippen LogP contribution in [0.1, 0.15) is 20.7 Å². The first-order valence-electron chi connectivity index (χ1n) is 10.2. The van der Waals surface area contributed by atoms with Crippen LogP contribution in [0.5, 0.6) is 0 Å². The highest BCUT2D eigenvalue weighted by molar-refractivity contribution is 7.89. The molecule has 0 atom stereocenters. The van der Waals surface area contributed by atoms with Crippen LogP contribution in [0.25, 0.3) is 0 Å². The van der Waals surface area contributed by atoms with Crippen molar-refractivity contribution in [2.24, 2.45) is 0 Å². The molecule has 1 fully saturated rings. The summed E-state index contributed by atoms with van der Waals surface area (Å²) in [7, 11) is -3.69. The second-order valence-electron chi connectivity index (χ2n) is 7.43. The highest BCUT2D eigenvalue weighted by Gasteiger charge is 2.30. The molecule has 1 aliphatic heterocycles. The number of anilines is 1. The molecule has 10 heteroatoms. The van der Waals surface area contributed by atoms with Gasteiger partial charge in [-0.25, -0.2) is 8.42 Å². The van der Waals surface area contributed by atoms with E-state index < -0.39 is 10.0 Å². The fourth-order valence-electron chi connectivity index (χ4n) is 3.52. The lowest BCUT2D eigenvalue weighted by atomic mass is 10.1. The van der Waals surface area contributed by atoms with Crippen LogP contribution >= 0.6 is 11.6 Å². The number of nitrogens with zero attached hydrogens (tertiary/aromatic N) is 3. The minimum Gasteiger partial charge on any atom is -0.336 e. The Kier molecular flexibility index (Phi) is 6.73. The molecule has 4 rings (SSSR count). The predicted octanol–water partition coefficient (Wildman–Crippen LogP) is 3.13. The van der Waals surface area contributed by atoms with E-state index in [4.69, 9.17) is 11.6 Å². The zero-order valence-electron chi connectivity index (χ0n) is 17.5. The SMILES string of the molecule is O=C(Nc1cccc(C(=O)N2CCN(S(=O)(=O)c3cccc(Cl)c3)CC2)c1)c1cccnc1. The number of sulfonamides is 1. The standard InChI is InChI=1S/C23H21ClN4O4S/c24-19-6-2-8-21(15-19)33(31,32)28-12-10-27(11-13-28)23(30)17-4-1-7-20(14-17)26-22(29)18-5-3-9-25-16-18/h1-9,14-16H,10-13H2,(H,26,29). The van der Waals surface area contributed by atoms with Crippen LogP contribution in [0.2, 0.25) is 5.02 Å². The number of carbonyl (C=O) groups excluding carboxylic acids is 2. The maximum Gasteiger partial charge on any atom is 0.257 e. The second-order valence-corrected chi connectivity index (χ2v) is 9.80. The molecule has 0 radical (unpaired) electrons. The summed E-state index contributed by atoms with van der Waals surface area (Å²) in [5.41, 5.74) is 1.30. The minimum absolute atomic E-state index is 0.131. The minimum atomic E-state index is -3.69. The van der Waals surface area contributed by atoms with Gasteiger partial charge in [-0.2, -0.15) is 4.31 Å². The Labute approximate surface area is 196 Å². The molecular formula is C23H21ClN4O4S. The van der Waals surface area contributed by atoms with Crippen LogP contribution in [0, 0.1) is 0 Å². The molecule has 1 aliphatic rings. The first-order valence-corrected chi connectivity index (χ1v) is 12.0. The van der Waals surface area contributed by atoms with Crippen molar-refractivity contribution >= 4 is 39.1 Å². The molecule has 0 spiro atoms. The number of halogens is 1. The summed E-state index contributed by atoms with van der Waals surface area (Å²) in [4.78, 5) is 31.0. The Morgan fingerprint density at radius 3 is 2.33 bits per heavy atom. The first kappa shape index (κ1) is 22.9. The molecule has 3 aromatic rings. The van der Waals surface area contributed by atoms with Crippen molar-refractivity contribution in [2.45, 2.75) is 4.90 Å². The lowest BCUT2D eigenvalue weighted by Gasteiger charge is -2.34. The number of rotatable bonds is 5. The third-order valence-corrected chi connectivity index (χ3v) is 7.38. The zero-order valence-corrected chi connectivity index (χ0v) is 19.1. The molecule has 0 unspecified atom stereocenters. The molecule has 1 aromatic heterocycles. The first-order chi connectivity index (χ1) is 15.8. The third-order valence-electron chi connectivity index (χ3n) is 5.25. The van der Waals surface area contributed by atoms with E-state index in [1.165, 1.54) is 22.6 Å². The van der Waals surface area contributed by atoms with Crippen LogP contribution in [-0.2, 0) is 10.0 Å². The van der Waals surface area contributed by atoms with Crippen molar-refractivity contribution in [3.8, 4) is 0 Å². The average Bonchev–Trinajstić information content (AvgIpc) is 2.84. The summed E-state index contributed by atoms with van der Waals surface area (Å²) in [6, 6.07) is 16.1. The summed E-state index contributed by atoms with van der Waals surface area (Å²) in [6.07, 6.45) is 3.04. The van der Waals surface area contributed by atoms with E-state index in [1.807, 2.05) is 0 Å². The molecule has 0 saturated carbocycles. The van der Waals surface area contributed by atoms with Crippen molar-refractivity contribution in [3.05, 3.63) is 89.2 Å². The number of amides is 2. The Morgan fingerprint density at radius 2 is 1.64 bits per heavy atom. The van der Waals surface area contributed by atoms with Crippen molar-refractivity contribution in [2.75, 3.05) is 31.5 Å². The summed E-state index contributed by atoms with van der Waals surface area (Å²) in [6.45, 7) is 0.867. The van der Waals surface area contributed by atoms with E-state index in [-0.39, 0.29) is 42.9 Å². The van der Waals surface area contributed by atoms with E-state index in [1.54, 1.807) is 59.6 Å². The molecule has 33 heavy (non-hydrogen) atoms. The maximum atomic E-state index is 13.0. The lowest BCUT2D eigenvalue weighted by molar-refractivity contribution is 0.0697. The molecule has 2 aromatic carbocycles. The maximum absolute atomic E-state index is 13.0. The monoisotopic (exact) mass is 484 g/mol. The number of piperazine rings is 1. The van der Waals surface area contributed by atoms with Gasteiger partial charge in [-0.3, -0.25) is 14.6 Å². The van der Waals surface area contributed by atoms with Gasteiger partial charge >= 0.3 is 0 Å². The van der Waals surface area contributed by atoms with Gasteiger partial charge in [-0.15, -0.1) is 0 Å². The van der Waals surface area contributed by atoms with Gasteiger partial charge in [0.2, 0.25) is 10.0 Å². The van der Waals surface area contributed by atoms with Gasteiger partial charge in [0, 0.05) is 54.8 Å². The number of benzene rings is 2. The van der Waals surface area contributed by atoms with Crippen molar-refractivity contribution in [3.63, 3.8) is 0 Å². The summed E-state index contributed by atoms with van der Waals surface area (Å²) < 4.78 is 27.1. The van der Waals surface area contributed by atoms with E-state index in [2.05, 4.69) is 10.3 Å². The van der Waals surface area contributed by atoms with Crippen molar-refractivity contribution < 1.29 is 18.0 Å². The molecule has 2 heterocycles. The normalized spacial score (nSPS) is 14.6. The quantitative estimate of drug-likeness (QED) is 0.599. The van der Waals surface area contributed by atoms with E-state index in [0.29, 0.717) is 21.8 Å². The lowest BCUT2D eigenvalue weighted by Crippen LogP contribution is -2.50. The van der Waals surface area contributed by atoms with Gasteiger partial charge < -0.3 is 10.2 Å². The third kappa shape index (κ3) is 5.22. The number of pyridine rings is 1. The molecule has 1 saturated heterocycles. The van der Waals surface area contributed by atoms with Gasteiger partial charge in [-0.05, 0) is 48.5 Å². The van der Waals surface area contributed by atoms with Crippen LogP contribution in [0.4, 0.5) is 5.69 Å². The number of nitrogens with one attached hydrogen (secondary N) is 1. The van der Waals surface area contributed by atoms with Crippen LogP contribution in [0.15, 0.2) is 78.0 Å². The number of hydrogen-bond acceptors (Lipinski definition) is 5. The van der Waals surface area contributed by atoms with E-state index >= 15 is 0 Å². The largest absolute Gasteiger partial charge is 0.336 e. The molecule has 2 amide bonds. The number of aromatic nitrogens is 1. The summed E-state index contributed by atoms with van der Waals surface area (Å²) in [5, 5.41) is 3.11. The summed E-state index contributed by atoms with van der Waals surface area (Å²) >= 11 is 5.94. The van der Waals surface area contributed by atoms with Gasteiger partial charge in [0.25, 0.3) is 11.8 Å². The van der Waals surface area contributed by atoms with Gasteiger partial charge in [0.05, 0.1) is 10.5 Å². The Bertz CT molecular complexity index is 1280. The Hall–Kier alpha value is -3.27. The van der Waals surface area contributed by atoms with Crippen molar-refractivity contribution in [1.29, 1.82) is 0 Å². The molecule has 1 N–H and O–H groups in total. The number of carbonyl (C=O) groups is 2. The highest BCUT2D eigenvalue weighted by atomic mass is 35.5. The average molecular weight is 485 g/mol. The Morgan fingerprint density at radius 1 is 0.909 bits per heavy atom. The fourth-order valence-corrected chi connectivity index (χ4v) is 5.24. The van der Waals surface area contributed by atoms with Gasteiger partial charge in [0.15, 0.2) is 0 Å². The van der Waals surface area contributed by atoms with Crippen molar-refractivity contribution in [1.82, 2.24) is 14.2 Å². The zero-order chi connectivity index (χ0) is 23.4. The number of hydrogen-bond donors (Lipinski definition) is 1. The van der Waals surface area contributed by atoms with Crippen LogP contribution < -0.4 is 5.32 Å². The summed E-state index contributed by atoms with van der Waals surface area (Å²) in [5.74, 6) is -0.556.